The van der Waals surface area contributed by atoms with E-state index in [4.69, 9.17) is 14.2 Å². The number of ether oxygens (including phenoxy) is 3. The molecular formula is C9H18O5. The number of rotatable bonds is 3. The van der Waals surface area contributed by atoms with Gasteiger partial charge >= 0.3 is 0 Å². The Bertz CT molecular complexity index is 182. The summed E-state index contributed by atoms with van der Waals surface area (Å²) in [4.78, 5) is 0. The second kappa shape index (κ2) is 4.55. The molecule has 1 heterocycles. The molecule has 1 saturated heterocycles. The van der Waals surface area contributed by atoms with Crippen molar-refractivity contribution in [3.63, 3.8) is 0 Å². The van der Waals surface area contributed by atoms with Gasteiger partial charge in [0.15, 0.2) is 5.79 Å². The molecule has 1 rings (SSSR count). The number of aliphatic hydroxyl groups excluding tert-OH is 2. The average Bonchev–Trinajstić information content (AvgIpc) is 2.13. The maximum Gasteiger partial charge on any atom is 0.162 e. The number of hydrogen-bond donors (Lipinski definition) is 2. The van der Waals surface area contributed by atoms with Crippen molar-refractivity contribution < 1.29 is 24.4 Å². The third-order valence-electron chi connectivity index (χ3n) is 2.27. The molecule has 14 heavy (non-hydrogen) atoms. The van der Waals surface area contributed by atoms with Gasteiger partial charge in [0.1, 0.15) is 18.3 Å². The normalized spacial score (nSPS) is 34.5. The van der Waals surface area contributed by atoms with Crippen molar-refractivity contribution >= 4 is 0 Å². The maximum absolute atomic E-state index is 9.59. The number of aliphatic hydroxyl groups is 2. The van der Waals surface area contributed by atoms with Crippen LogP contribution in [0.15, 0.2) is 0 Å². The minimum Gasteiger partial charge on any atom is -0.388 e. The van der Waals surface area contributed by atoms with E-state index in [-0.39, 0.29) is 13.2 Å². The van der Waals surface area contributed by atoms with Crippen LogP contribution in [0.5, 0.6) is 0 Å². The Morgan fingerprint density at radius 3 is 2.50 bits per heavy atom. The van der Waals surface area contributed by atoms with Crippen LogP contribution >= 0.6 is 0 Å². The van der Waals surface area contributed by atoms with Gasteiger partial charge in [-0.1, -0.05) is 0 Å². The van der Waals surface area contributed by atoms with Crippen molar-refractivity contribution in [3.05, 3.63) is 0 Å². The lowest BCUT2D eigenvalue weighted by atomic mass is 10.1. The van der Waals surface area contributed by atoms with E-state index in [1.165, 1.54) is 7.11 Å². The van der Waals surface area contributed by atoms with Gasteiger partial charge in [-0.05, 0) is 13.8 Å². The zero-order valence-corrected chi connectivity index (χ0v) is 8.77. The van der Waals surface area contributed by atoms with Crippen molar-refractivity contribution in [1.29, 1.82) is 0 Å². The lowest BCUT2D eigenvalue weighted by molar-refractivity contribution is -0.272. The molecule has 1 fully saturated rings. The summed E-state index contributed by atoms with van der Waals surface area (Å²) in [6.07, 6.45) is -2.35. The van der Waals surface area contributed by atoms with Gasteiger partial charge in [0.05, 0.1) is 13.2 Å². The molecule has 0 radical (unpaired) electrons. The van der Waals surface area contributed by atoms with Crippen LogP contribution in [-0.4, -0.2) is 54.6 Å². The second-order valence-corrected chi connectivity index (χ2v) is 3.86. The van der Waals surface area contributed by atoms with Gasteiger partial charge in [0.25, 0.3) is 0 Å². The molecule has 1 aliphatic rings. The van der Waals surface area contributed by atoms with E-state index in [0.29, 0.717) is 0 Å². The van der Waals surface area contributed by atoms with Crippen LogP contribution in [-0.2, 0) is 14.2 Å². The molecule has 0 spiro atoms. The Morgan fingerprint density at radius 2 is 1.93 bits per heavy atom. The summed E-state index contributed by atoms with van der Waals surface area (Å²) in [5.41, 5.74) is 0. The van der Waals surface area contributed by atoms with Gasteiger partial charge in [-0.15, -0.1) is 0 Å². The van der Waals surface area contributed by atoms with Crippen LogP contribution in [0.1, 0.15) is 13.8 Å². The first-order chi connectivity index (χ1) is 6.46. The molecule has 0 saturated carbocycles. The lowest BCUT2D eigenvalue weighted by Gasteiger charge is -2.36. The fourth-order valence-corrected chi connectivity index (χ4v) is 1.27. The van der Waals surface area contributed by atoms with Crippen molar-refractivity contribution in [2.24, 2.45) is 0 Å². The summed E-state index contributed by atoms with van der Waals surface area (Å²) in [5.74, 6) is -0.786. The Balaban J connectivity index is 2.51. The molecule has 5 heteroatoms. The SMILES string of the molecule is COC(C)(C)O[C@@H]1COC[C@H](O)[C@@H]1O. The van der Waals surface area contributed by atoms with Gasteiger partial charge < -0.3 is 24.4 Å². The van der Waals surface area contributed by atoms with Gasteiger partial charge in [0.2, 0.25) is 0 Å². The third-order valence-corrected chi connectivity index (χ3v) is 2.27. The van der Waals surface area contributed by atoms with Crippen molar-refractivity contribution in [1.82, 2.24) is 0 Å². The van der Waals surface area contributed by atoms with E-state index in [2.05, 4.69) is 0 Å². The van der Waals surface area contributed by atoms with Gasteiger partial charge in [-0.25, -0.2) is 0 Å². The molecule has 0 aliphatic carbocycles. The molecule has 0 unspecified atom stereocenters. The first-order valence-corrected chi connectivity index (χ1v) is 4.63. The fourth-order valence-electron chi connectivity index (χ4n) is 1.27. The summed E-state index contributed by atoms with van der Waals surface area (Å²) >= 11 is 0. The molecular weight excluding hydrogens is 188 g/mol. The highest BCUT2D eigenvalue weighted by atomic mass is 16.7. The van der Waals surface area contributed by atoms with E-state index in [9.17, 15) is 10.2 Å². The highest BCUT2D eigenvalue weighted by Crippen LogP contribution is 2.19. The predicted molar refractivity (Wildman–Crippen MR) is 48.8 cm³/mol. The minimum absolute atomic E-state index is 0.147. The third kappa shape index (κ3) is 2.90. The molecule has 0 aromatic carbocycles. The van der Waals surface area contributed by atoms with Crippen LogP contribution in [0.4, 0.5) is 0 Å². The Kier molecular flexibility index (Phi) is 3.86. The summed E-state index contributed by atoms with van der Waals surface area (Å²) in [6, 6.07) is 0. The highest BCUT2D eigenvalue weighted by Gasteiger charge is 2.35. The molecule has 2 N–H and O–H groups in total. The smallest absolute Gasteiger partial charge is 0.162 e. The molecule has 0 aromatic heterocycles. The maximum atomic E-state index is 9.59. The molecule has 5 nitrogen and oxygen atoms in total. The summed E-state index contributed by atoms with van der Waals surface area (Å²) < 4.78 is 15.6. The number of hydrogen-bond acceptors (Lipinski definition) is 5. The van der Waals surface area contributed by atoms with Crippen LogP contribution < -0.4 is 0 Å². The van der Waals surface area contributed by atoms with E-state index >= 15 is 0 Å². The van der Waals surface area contributed by atoms with E-state index < -0.39 is 24.1 Å². The lowest BCUT2D eigenvalue weighted by Crippen LogP contribution is -2.51. The Morgan fingerprint density at radius 1 is 1.29 bits per heavy atom. The zero-order chi connectivity index (χ0) is 10.8. The van der Waals surface area contributed by atoms with E-state index in [1.54, 1.807) is 13.8 Å². The first kappa shape index (κ1) is 11.9. The molecule has 0 aromatic rings. The summed E-state index contributed by atoms with van der Waals surface area (Å²) in [5, 5.41) is 18.9. The molecule has 1 aliphatic heterocycles. The Hall–Kier alpha value is -0.200. The predicted octanol–water partition coefficient (Wildman–Crippen LogP) is -0.494. The van der Waals surface area contributed by atoms with Gasteiger partial charge in [-0.2, -0.15) is 0 Å². The molecule has 0 bridgehead atoms. The van der Waals surface area contributed by atoms with Crippen molar-refractivity contribution in [2.75, 3.05) is 20.3 Å². The molecule has 84 valence electrons. The van der Waals surface area contributed by atoms with E-state index in [1.807, 2.05) is 0 Å². The average molecular weight is 206 g/mol. The fraction of sp³-hybridized carbons (Fsp3) is 1.00. The second-order valence-electron chi connectivity index (χ2n) is 3.86. The Labute approximate surface area is 83.6 Å². The van der Waals surface area contributed by atoms with Crippen LogP contribution in [0.2, 0.25) is 0 Å². The molecule has 3 atom stereocenters. The zero-order valence-electron chi connectivity index (χ0n) is 8.77. The minimum atomic E-state index is -0.918. The quantitative estimate of drug-likeness (QED) is 0.610. The van der Waals surface area contributed by atoms with Crippen LogP contribution in [0, 0.1) is 0 Å². The van der Waals surface area contributed by atoms with Crippen molar-refractivity contribution in [2.45, 2.75) is 37.9 Å². The summed E-state index contributed by atoms with van der Waals surface area (Å²) in [7, 11) is 1.52. The summed E-state index contributed by atoms with van der Waals surface area (Å²) in [6.45, 7) is 3.89. The van der Waals surface area contributed by atoms with Gasteiger partial charge in [0, 0.05) is 7.11 Å². The van der Waals surface area contributed by atoms with Crippen LogP contribution in [0.3, 0.4) is 0 Å². The largest absolute Gasteiger partial charge is 0.388 e. The van der Waals surface area contributed by atoms with Crippen LogP contribution in [0.25, 0.3) is 0 Å². The van der Waals surface area contributed by atoms with Crippen molar-refractivity contribution in [3.8, 4) is 0 Å². The van der Waals surface area contributed by atoms with E-state index in [0.717, 1.165) is 0 Å². The molecule has 0 amide bonds. The van der Waals surface area contributed by atoms with Gasteiger partial charge in [-0.3, -0.25) is 0 Å². The first-order valence-electron chi connectivity index (χ1n) is 4.63. The standard InChI is InChI=1S/C9H18O5/c1-9(2,12-3)14-7-5-13-4-6(10)8(7)11/h6-8,10-11H,4-5H2,1-3H3/t6-,7+,8-/m0/s1. The topological polar surface area (TPSA) is 68.2 Å². The number of methoxy groups -OCH3 is 1. The highest BCUT2D eigenvalue weighted by molar-refractivity contribution is 4.81. The monoisotopic (exact) mass is 206 g/mol.